The molecule has 1 aliphatic heterocycles. The van der Waals surface area contributed by atoms with Gasteiger partial charge in [-0.3, -0.25) is 0 Å². The van der Waals surface area contributed by atoms with Crippen LogP contribution in [0.4, 0.5) is 0 Å². The number of hydrogen-bond donors (Lipinski definition) is 0. The van der Waals surface area contributed by atoms with Gasteiger partial charge < -0.3 is 9.31 Å². The van der Waals surface area contributed by atoms with Crippen molar-refractivity contribution >= 4 is 7.12 Å². The van der Waals surface area contributed by atoms with Gasteiger partial charge >= 0.3 is 7.12 Å². The molecule has 0 bridgehead atoms. The van der Waals surface area contributed by atoms with E-state index < -0.39 is 0 Å². The van der Waals surface area contributed by atoms with E-state index >= 15 is 0 Å². The van der Waals surface area contributed by atoms with Crippen molar-refractivity contribution in [1.29, 1.82) is 0 Å². The second-order valence-corrected chi connectivity index (χ2v) is 4.62. The van der Waals surface area contributed by atoms with E-state index in [1.807, 2.05) is 24.3 Å². The van der Waals surface area contributed by atoms with E-state index in [4.69, 9.17) is 9.31 Å². The molecule has 0 spiro atoms. The molecule has 1 saturated carbocycles. The summed E-state index contributed by atoms with van der Waals surface area (Å²) in [4.78, 5) is 0. The first-order valence-electron chi connectivity index (χ1n) is 5.77. The molecule has 0 unspecified atom stereocenters. The van der Waals surface area contributed by atoms with Crippen molar-refractivity contribution in [2.75, 3.05) is 0 Å². The van der Waals surface area contributed by atoms with Gasteiger partial charge in [0.2, 0.25) is 0 Å². The average Bonchev–Trinajstić information content (AvgIpc) is 2.82. The molecular formula is C12H15BO2. The summed E-state index contributed by atoms with van der Waals surface area (Å²) in [5, 5.41) is 0. The largest absolute Gasteiger partial charge is 0.598 e. The standard InChI is InChI=1S/C12H15BO2/c1-9-5-4-6-10(9)13-14-11-7-2-3-8-12(11)15-13/h2-3,7-10H,4-6H2,1H3/t9-,10-/m1/s1. The van der Waals surface area contributed by atoms with E-state index in [0.29, 0.717) is 5.82 Å². The molecule has 2 nitrogen and oxygen atoms in total. The molecular weight excluding hydrogens is 187 g/mol. The maximum absolute atomic E-state index is 5.84. The van der Waals surface area contributed by atoms with Crippen molar-refractivity contribution in [1.82, 2.24) is 0 Å². The summed E-state index contributed by atoms with van der Waals surface area (Å²) >= 11 is 0. The maximum atomic E-state index is 5.84. The van der Waals surface area contributed by atoms with Crippen LogP contribution in [-0.4, -0.2) is 7.12 Å². The summed E-state index contributed by atoms with van der Waals surface area (Å²) in [5.74, 6) is 3.10. The van der Waals surface area contributed by atoms with Gasteiger partial charge in [0.15, 0.2) is 0 Å². The lowest BCUT2D eigenvalue weighted by atomic mass is 9.67. The third-order valence-corrected chi connectivity index (χ3v) is 3.61. The molecule has 3 heteroatoms. The highest BCUT2D eigenvalue weighted by molar-refractivity contribution is 6.49. The van der Waals surface area contributed by atoms with Gasteiger partial charge in [-0.15, -0.1) is 0 Å². The minimum Gasteiger partial charge on any atom is -0.523 e. The smallest absolute Gasteiger partial charge is 0.523 e. The molecule has 0 amide bonds. The Balaban J connectivity index is 1.78. The zero-order valence-corrected chi connectivity index (χ0v) is 8.98. The van der Waals surface area contributed by atoms with Crippen LogP contribution in [0.15, 0.2) is 24.3 Å². The first-order valence-corrected chi connectivity index (χ1v) is 5.77. The molecule has 1 heterocycles. The Morgan fingerprint density at radius 3 is 2.33 bits per heavy atom. The van der Waals surface area contributed by atoms with Crippen molar-refractivity contribution in [3.8, 4) is 11.5 Å². The Labute approximate surface area is 90.7 Å². The fourth-order valence-corrected chi connectivity index (χ4v) is 2.67. The topological polar surface area (TPSA) is 18.5 Å². The van der Waals surface area contributed by atoms with E-state index in [2.05, 4.69) is 6.92 Å². The maximum Gasteiger partial charge on any atom is 0.598 e. The first-order chi connectivity index (χ1) is 7.34. The van der Waals surface area contributed by atoms with E-state index in [1.165, 1.54) is 19.3 Å². The van der Waals surface area contributed by atoms with Crippen LogP contribution < -0.4 is 9.31 Å². The van der Waals surface area contributed by atoms with Crippen LogP contribution in [0.1, 0.15) is 26.2 Å². The van der Waals surface area contributed by atoms with Gasteiger partial charge in [0, 0.05) is 5.82 Å². The summed E-state index contributed by atoms with van der Waals surface area (Å²) in [5.41, 5.74) is 0. The lowest BCUT2D eigenvalue weighted by molar-refractivity contribution is 0.440. The Kier molecular flexibility index (Phi) is 2.12. The first kappa shape index (κ1) is 9.14. The molecule has 2 atom stereocenters. The van der Waals surface area contributed by atoms with Gasteiger partial charge in [0.1, 0.15) is 11.5 Å². The minimum absolute atomic E-state index is 0.0418. The number of fused-ring (bicyclic) bond motifs is 1. The fraction of sp³-hybridized carbons (Fsp3) is 0.500. The van der Waals surface area contributed by atoms with E-state index in [9.17, 15) is 0 Å². The Hall–Kier alpha value is -1.12. The van der Waals surface area contributed by atoms with Crippen LogP contribution in [0.3, 0.4) is 0 Å². The molecule has 0 N–H and O–H groups in total. The molecule has 1 aliphatic carbocycles. The van der Waals surface area contributed by atoms with Crippen molar-refractivity contribution in [3.63, 3.8) is 0 Å². The van der Waals surface area contributed by atoms with Crippen LogP contribution in [0, 0.1) is 5.92 Å². The molecule has 3 rings (SSSR count). The van der Waals surface area contributed by atoms with Gasteiger partial charge in [-0.05, 0) is 24.5 Å². The Morgan fingerprint density at radius 2 is 1.80 bits per heavy atom. The van der Waals surface area contributed by atoms with Crippen molar-refractivity contribution in [2.24, 2.45) is 5.92 Å². The lowest BCUT2D eigenvalue weighted by Gasteiger charge is -2.16. The summed E-state index contributed by atoms with van der Waals surface area (Å²) in [6.07, 6.45) is 3.86. The van der Waals surface area contributed by atoms with E-state index in [-0.39, 0.29) is 7.12 Å². The second kappa shape index (κ2) is 3.48. The Bertz CT molecular complexity index is 341. The van der Waals surface area contributed by atoms with Gasteiger partial charge in [-0.1, -0.05) is 31.9 Å². The zero-order chi connectivity index (χ0) is 10.3. The number of rotatable bonds is 1. The normalized spacial score (nSPS) is 28.5. The molecule has 15 heavy (non-hydrogen) atoms. The van der Waals surface area contributed by atoms with Crippen molar-refractivity contribution in [2.45, 2.75) is 32.0 Å². The molecule has 78 valence electrons. The fourth-order valence-electron chi connectivity index (χ4n) is 2.67. The van der Waals surface area contributed by atoms with E-state index in [1.54, 1.807) is 0 Å². The second-order valence-electron chi connectivity index (χ2n) is 4.62. The summed E-state index contributed by atoms with van der Waals surface area (Å²) in [6, 6.07) is 7.94. The highest BCUT2D eigenvalue weighted by Gasteiger charge is 2.44. The van der Waals surface area contributed by atoms with E-state index in [0.717, 1.165) is 17.4 Å². The monoisotopic (exact) mass is 202 g/mol. The van der Waals surface area contributed by atoms with Crippen LogP contribution in [0.5, 0.6) is 11.5 Å². The van der Waals surface area contributed by atoms with Crippen molar-refractivity contribution < 1.29 is 9.31 Å². The molecule has 0 aromatic heterocycles. The molecule has 1 aromatic carbocycles. The summed E-state index contributed by atoms with van der Waals surface area (Å²) in [7, 11) is -0.0418. The van der Waals surface area contributed by atoms with Gasteiger partial charge in [0.05, 0.1) is 0 Å². The third kappa shape index (κ3) is 1.50. The number of benzene rings is 1. The van der Waals surface area contributed by atoms with Crippen LogP contribution in [0.2, 0.25) is 5.82 Å². The van der Waals surface area contributed by atoms with Crippen LogP contribution >= 0.6 is 0 Å². The van der Waals surface area contributed by atoms with Crippen LogP contribution in [-0.2, 0) is 0 Å². The third-order valence-electron chi connectivity index (χ3n) is 3.61. The molecule has 1 fully saturated rings. The molecule has 1 aromatic rings. The SMILES string of the molecule is C[C@@H]1CCC[C@H]1B1Oc2ccccc2O1. The highest BCUT2D eigenvalue weighted by atomic mass is 16.6. The van der Waals surface area contributed by atoms with Gasteiger partial charge in [-0.25, -0.2) is 0 Å². The van der Waals surface area contributed by atoms with Crippen molar-refractivity contribution in [3.05, 3.63) is 24.3 Å². The number of para-hydroxylation sites is 2. The number of hydrogen-bond acceptors (Lipinski definition) is 2. The summed E-state index contributed by atoms with van der Waals surface area (Å²) in [6.45, 7) is 2.30. The quantitative estimate of drug-likeness (QED) is 0.651. The average molecular weight is 202 g/mol. The Morgan fingerprint density at radius 1 is 1.13 bits per heavy atom. The zero-order valence-electron chi connectivity index (χ0n) is 8.98. The van der Waals surface area contributed by atoms with Gasteiger partial charge in [0.25, 0.3) is 0 Å². The van der Waals surface area contributed by atoms with Gasteiger partial charge in [-0.2, -0.15) is 0 Å². The molecule has 2 aliphatic rings. The minimum atomic E-state index is -0.0418. The molecule has 0 saturated heterocycles. The molecule has 0 radical (unpaired) electrons. The van der Waals surface area contributed by atoms with Crippen LogP contribution in [0.25, 0.3) is 0 Å². The lowest BCUT2D eigenvalue weighted by Crippen LogP contribution is -2.32. The predicted molar refractivity (Wildman–Crippen MR) is 60.2 cm³/mol. The highest BCUT2D eigenvalue weighted by Crippen LogP contribution is 2.44. The predicted octanol–water partition coefficient (Wildman–Crippen LogP) is 3.14. The summed E-state index contributed by atoms with van der Waals surface area (Å²) < 4.78 is 11.7.